The van der Waals surface area contributed by atoms with Crippen LogP contribution in [-0.4, -0.2) is 63.2 Å². The lowest BCUT2D eigenvalue weighted by atomic mass is 10.0. The molecule has 8 nitrogen and oxygen atoms in total. The van der Waals surface area contributed by atoms with E-state index in [1.54, 1.807) is 18.3 Å². The minimum absolute atomic E-state index is 0.196. The Labute approximate surface area is 164 Å². The van der Waals surface area contributed by atoms with Gasteiger partial charge in [0.25, 0.3) is 0 Å². The molecular formula is C19H24N4O4S. The molecule has 0 aliphatic carbocycles. The highest BCUT2D eigenvalue weighted by Crippen LogP contribution is 2.33. The smallest absolute Gasteiger partial charge is 0.220 e. The third kappa shape index (κ3) is 3.69. The van der Waals surface area contributed by atoms with Crippen molar-refractivity contribution < 1.29 is 17.9 Å². The van der Waals surface area contributed by atoms with Crippen molar-refractivity contribution in [2.24, 2.45) is 0 Å². The number of benzene rings is 1. The first-order chi connectivity index (χ1) is 13.4. The van der Waals surface area contributed by atoms with Crippen molar-refractivity contribution in [1.29, 1.82) is 0 Å². The van der Waals surface area contributed by atoms with Crippen LogP contribution >= 0.6 is 0 Å². The summed E-state index contributed by atoms with van der Waals surface area (Å²) in [6.07, 6.45) is 2.16. The summed E-state index contributed by atoms with van der Waals surface area (Å²) in [6.45, 7) is 5.22. The Bertz CT molecular complexity index is 968. The molecule has 2 saturated heterocycles. The summed E-state index contributed by atoms with van der Waals surface area (Å²) in [5, 5.41) is -0.510. The maximum Gasteiger partial charge on any atom is 0.220 e. The summed E-state index contributed by atoms with van der Waals surface area (Å²) in [7, 11) is -3.50. The van der Waals surface area contributed by atoms with Crippen molar-refractivity contribution in [3.8, 4) is 11.1 Å². The second-order valence-electron chi connectivity index (χ2n) is 7.07. The van der Waals surface area contributed by atoms with E-state index in [0.29, 0.717) is 49.9 Å². The van der Waals surface area contributed by atoms with Gasteiger partial charge in [0.1, 0.15) is 0 Å². The van der Waals surface area contributed by atoms with Gasteiger partial charge in [0.2, 0.25) is 5.95 Å². The van der Waals surface area contributed by atoms with Crippen molar-refractivity contribution in [1.82, 2.24) is 9.97 Å². The van der Waals surface area contributed by atoms with Gasteiger partial charge in [-0.15, -0.1) is 0 Å². The van der Waals surface area contributed by atoms with Crippen molar-refractivity contribution in [3.63, 3.8) is 0 Å². The van der Waals surface area contributed by atoms with Crippen LogP contribution in [0.25, 0.3) is 11.1 Å². The molecule has 150 valence electrons. The monoisotopic (exact) mass is 404 g/mol. The number of aromatic nitrogens is 2. The third-order valence-electron chi connectivity index (χ3n) is 5.23. The number of rotatable bonds is 4. The Morgan fingerprint density at radius 3 is 2.61 bits per heavy atom. The number of anilines is 2. The molecule has 1 atom stereocenters. The summed E-state index contributed by atoms with van der Waals surface area (Å²) in [4.78, 5) is 10.8. The second kappa shape index (κ2) is 7.65. The van der Waals surface area contributed by atoms with Crippen LogP contribution in [0.1, 0.15) is 12.1 Å². The van der Waals surface area contributed by atoms with Crippen molar-refractivity contribution in [2.45, 2.75) is 23.5 Å². The summed E-state index contributed by atoms with van der Waals surface area (Å²) in [6, 6.07) is 5.45. The first-order valence-corrected chi connectivity index (χ1v) is 10.9. The minimum atomic E-state index is -3.50. The van der Waals surface area contributed by atoms with Crippen LogP contribution in [0.15, 0.2) is 29.3 Å². The maximum absolute atomic E-state index is 13.2. The zero-order valence-electron chi connectivity index (χ0n) is 15.8. The highest BCUT2D eigenvalue weighted by atomic mass is 32.2. The lowest BCUT2D eigenvalue weighted by molar-refractivity contribution is 0.122. The molecule has 0 bridgehead atoms. The first kappa shape index (κ1) is 19.1. The summed E-state index contributed by atoms with van der Waals surface area (Å²) in [5.74, 6) is 0.196. The highest BCUT2D eigenvalue weighted by molar-refractivity contribution is 7.92. The number of sulfone groups is 1. The molecule has 4 rings (SSSR count). The number of ether oxygens (including phenoxy) is 2. The quantitative estimate of drug-likeness (QED) is 0.815. The number of nitrogens with zero attached hydrogens (tertiary/aromatic N) is 3. The van der Waals surface area contributed by atoms with Crippen LogP contribution in [0.4, 0.5) is 11.6 Å². The Morgan fingerprint density at radius 2 is 1.93 bits per heavy atom. The van der Waals surface area contributed by atoms with E-state index >= 15 is 0 Å². The molecule has 1 aromatic carbocycles. The summed E-state index contributed by atoms with van der Waals surface area (Å²) >= 11 is 0. The van der Waals surface area contributed by atoms with E-state index in [2.05, 4.69) is 14.9 Å². The molecule has 28 heavy (non-hydrogen) atoms. The van der Waals surface area contributed by atoms with Crippen LogP contribution < -0.4 is 10.6 Å². The topological polar surface area (TPSA) is 108 Å². The lowest BCUT2D eigenvalue weighted by Crippen LogP contribution is -2.36. The molecule has 2 fully saturated rings. The molecule has 3 heterocycles. The second-order valence-corrected chi connectivity index (χ2v) is 9.30. The van der Waals surface area contributed by atoms with E-state index in [-0.39, 0.29) is 12.6 Å². The Balaban J connectivity index is 1.83. The molecule has 0 saturated carbocycles. The number of aryl methyl sites for hydroxylation is 1. The number of hydrogen-bond acceptors (Lipinski definition) is 8. The number of hydrogen-bond donors (Lipinski definition) is 1. The van der Waals surface area contributed by atoms with Crippen LogP contribution in [0, 0.1) is 6.92 Å². The van der Waals surface area contributed by atoms with Gasteiger partial charge >= 0.3 is 0 Å². The van der Waals surface area contributed by atoms with Crippen LogP contribution in [-0.2, 0) is 19.3 Å². The number of nitrogens with two attached hydrogens (primary N) is 1. The highest BCUT2D eigenvalue weighted by Gasteiger charge is 2.32. The van der Waals surface area contributed by atoms with Gasteiger partial charge in [-0.3, -0.25) is 0 Å². The van der Waals surface area contributed by atoms with Crippen LogP contribution in [0.2, 0.25) is 0 Å². The molecule has 0 radical (unpaired) electrons. The third-order valence-corrected chi connectivity index (χ3v) is 7.37. The fourth-order valence-corrected chi connectivity index (χ4v) is 5.27. The Kier molecular flexibility index (Phi) is 5.22. The largest absolute Gasteiger partial charge is 0.380 e. The molecule has 9 heteroatoms. The van der Waals surface area contributed by atoms with E-state index < -0.39 is 15.1 Å². The number of morpholine rings is 1. The van der Waals surface area contributed by atoms with Gasteiger partial charge in [-0.25, -0.2) is 18.4 Å². The Hall–Kier alpha value is -2.23. The van der Waals surface area contributed by atoms with Gasteiger partial charge in [-0.1, -0.05) is 0 Å². The van der Waals surface area contributed by atoms with Gasteiger partial charge in [0.05, 0.1) is 35.7 Å². The normalized spacial score (nSPS) is 20.5. The van der Waals surface area contributed by atoms with E-state index in [1.165, 1.54) is 0 Å². The average Bonchev–Trinajstić information content (AvgIpc) is 3.24. The Morgan fingerprint density at radius 1 is 1.14 bits per heavy atom. The molecule has 2 aliphatic heterocycles. The molecular weight excluding hydrogens is 380 g/mol. The zero-order valence-corrected chi connectivity index (χ0v) is 16.6. The fraction of sp³-hybridized carbons (Fsp3) is 0.474. The molecule has 2 aliphatic rings. The molecule has 0 spiro atoms. The maximum atomic E-state index is 13.2. The van der Waals surface area contributed by atoms with E-state index in [1.807, 2.05) is 13.0 Å². The fourth-order valence-electron chi connectivity index (χ4n) is 3.63. The predicted octanol–water partition coefficient (Wildman–Crippen LogP) is 1.43. The predicted molar refractivity (Wildman–Crippen MR) is 106 cm³/mol. The van der Waals surface area contributed by atoms with Gasteiger partial charge in [0.15, 0.2) is 9.84 Å². The van der Waals surface area contributed by atoms with Crippen molar-refractivity contribution in [3.05, 3.63) is 30.1 Å². The SMILES string of the molecule is Cc1nc(N)ncc1-c1cc(N2CCOCC2)cc(S(=O)(=O)C2CCOC2)c1. The molecule has 0 amide bonds. The molecule has 1 aromatic heterocycles. The first-order valence-electron chi connectivity index (χ1n) is 9.34. The average molecular weight is 404 g/mol. The zero-order chi connectivity index (χ0) is 19.7. The van der Waals surface area contributed by atoms with Gasteiger partial charge in [-0.05, 0) is 37.1 Å². The number of nitrogen functional groups attached to an aromatic ring is 1. The van der Waals surface area contributed by atoms with Crippen LogP contribution in [0.3, 0.4) is 0 Å². The van der Waals surface area contributed by atoms with E-state index in [9.17, 15) is 8.42 Å². The van der Waals surface area contributed by atoms with E-state index in [0.717, 1.165) is 16.8 Å². The molecule has 1 unspecified atom stereocenters. The molecule has 2 aromatic rings. The lowest BCUT2D eigenvalue weighted by Gasteiger charge is -2.30. The standard InChI is InChI=1S/C19H24N4O4S/c1-13-18(11-21-19(20)22-13)14-8-15(23-3-6-26-7-4-23)10-17(9-14)28(24,25)16-2-5-27-12-16/h8-11,16H,2-7,12H2,1H3,(H2,20,21,22). The minimum Gasteiger partial charge on any atom is -0.380 e. The van der Waals surface area contributed by atoms with Crippen LogP contribution in [0.5, 0.6) is 0 Å². The van der Waals surface area contributed by atoms with Crippen molar-refractivity contribution in [2.75, 3.05) is 50.2 Å². The van der Waals surface area contributed by atoms with Crippen molar-refractivity contribution >= 4 is 21.5 Å². The van der Waals surface area contributed by atoms with Gasteiger partial charge in [0, 0.05) is 37.1 Å². The van der Waals surface area contributed by atoms with Gasteiger partial charge < -0.3 is 20.1 Å². The molecule has 2 N–H and O–H groups in total. The summed E-state index contributed by atoms with van der Waals surface area (Å²) in [5.41, 5.74) is 8.77. The van der Waals surface area contributed by atoms with E-state index in [4.69, 9.17) is 15.2 Å². The van der Waals surface area contributed by atoms with Gasteiger partial charge in [-0.2, -0.15) is 0 Å². The summed E-state index contributed by atoms with van der Waals surface area (Å²) < 4.78 is 37.2.